The standard InChI is InChI=1S/C24H38N6O2.HI/c1-5-25-24(28-20-10-8-14-30(17-20)21-16-27-29(3)18-21)26-13-7-9-19-11-12-22(31-4)23(15-19)32-6-2;/h11-12,15-16,18,20H,5-10,13-14,17H2,1-4H3,(H2,25,26,28);1H. The van der Waals surface area contributed by atoms with Crippen LogP contribution in [0, 0.1) is 0 Å². The Morgan fingerprint density at radius 3 is 2.82 bits per heavy atom. The van der Waals surface area contributed by atoms with Crippen molar-refractivity contribution in [3.05, 3.63) is 36.2 Å². The summed E-state index contributed by atoms with van der Waals surface area (Å²) in [5.41, 5.74) is 2.42. The van der Waals surface area contributed by atoms with Gasteiger partial charge in [0.25, 0.3) is 0 Å². The summed E-state index contributed by atoms with van der Waals surface area (Å²) < 4.78 is 12.9. The molecular formula is C24H39IN6O2. The molecule has 33 heavy (non-hydrogen) atoms. The van der Waals surface area contributed by atoms with Gasteiger partial charge in [0.2, 0.25) is 0 Å². The Hall–Kier alpha value is -2.17. The molecule has 2 heterocycles. The zero-order valence-corrected chi connectivity index (χ0v) is 22.7. The molecule has 0 saturated carbocycles. The first-order valence-electron chi connectivity index (χ1n) is 11.7. The van der Waals surface area contributed by atoms with Gasteiger partial charge < -0.3 is 25.0 Å². The number of aryl methyl sites for hydroxylation is 2. The maximum absolute atomic E-state index is 5.69. The van der Waals surface area contributed by atoms with Gasteiger partial charge in [-0.25, -0.2) is 0 Å². The van der Waals surface area contributed by atoms with Crippen molar-refractivity contribution in [2.45, 2.75) is 45.6 Å². The molecule has 0 spiro atoms. The molecule has 8 nitrogen and oxygen atoms in total. The highest BCUT2D eigenvalue weighted by Crippen LogP contribution is 2.28. The molecule has 0 aliphatic carbocycles. The van der Waals surface area contributed by atoms with Crippen molar-refractivity contribution in [2.75, 3.05) is 44.8 Å². The van der Waals surface area contributed by atoms with E-state index in [1.807, 2.05) is 30.9 Å². The summed E-state index contributed by atoms with van der Waals surface area (Å²) in [6.07, 6.45) is 8.25. The summed E-state index contributed by atoms with van der Waals surface area (Å²) in [5.74, 6) is 2.48. The topological polar surface area (TPSA) is 75.9 Å². The Labute approximate surface area is 215 Å². The molecule has 1 atom stereocenters. The predicted molar refractivity (Wildman–Crippen MR) is 145 cm³/mol. The minimum absolute atomic E-state index is 0. The number of piperidine rings is 1. The van der Waals surface area contributed by atoms with Gasteiger partial charge in [-0.15, -0.1) is 24.0 Å². The van der Waals surface area contributed by atoms with E-state index in [9.17, 15) is 0 Å². The second kappa shape index (κ2) is 14.2. The van der Waals surface area contributed by atoms with E-state index in [1.54, 1.807) is 7.11 Å². The van der Waals surface area contributed by atoms with Crippen LogP contribution in [-0.4, -0.2) is 61.7 Å². The summed E-state index contributed by atoms with van der Waals surface area (Å²) in [7, 11) is 3.63. The van der Waals surface area contributed by atoms with Gasteiger partial charge in [0, 0.05) is 45.5 Å². The molecule has 184 valence electrons. The zero-order chi connectivity index (χ0) is 22.8. The molecule has 1 unspecified atom stereocenters. The highest BCUT2D eigenvalue weighted by Gasteiger charge is 2.21. The van der Waals surface area contributed by atoms with Crippen molar-refractivity contribution >= 4 is 35.6 Å². The monoisotopic (exact) mass is 570 g/mol. The Balaban J connectivity index is 0.00000385. The second-order valence-electron chi connectivity index (χ2n) is 8.08. The van der Waals surface area contributed by atoms with Crippen LogP contribution in [0.5, 0.6) is 11.5 Å². The van der Waals surface area contributed by atoms with E-state index in [1.165, 1.54) is 11.3 Å². The van der Waals surface area contributed by atoms with E-state index in [4.69, 9.17) is 14.5 Å². The first kappa shape index (κ1) is 27.1. The number of anilines is 1. The maximum atomic E-state index is 5.69. The number of hydrogen-bond donors (Lipinski definition) is 2. The Morgan fingerprint density at radius 1 is 1.27 bits per heavy atom. The van der Waals surface area contributed by atoms with Crippen molar-refractivity contribution in [1.82, 2.24) is 20.4 Å². The SMILES string of the molecule is CCNC(=NCCCc1ccc(OC)c(OCC)c1)NC1CCCN(c2cnn(C)c2)C1.I. The zero-order valence-electron chi connectivity index (χ0n) is 20.3. The van der Waals surface area contributed by atoms with Gasteiger partial charge in [-0.05, 0) is 57.2 Å². The van der Waals surface area contributed by atoms with Gasteiger partial charge in [-0.3, -0.25) is 9.67 Å². The van der Waals surface area contributed by atoms with Crippen LogP contribution in [0.4, 0.5) is 5.69 Å². The van der Waals surface area contributed by atoms with Crippen LogP contribution in [0.2, 0.25) is 0 Å². The molecule has 2 N–H and O–H groups in total. The molecule has 1 saturated heterocycles. The molecule has 0 bridgehead atoms. The fourth-order valence-corrected chi connectivity index (χ4v) is 4.03. The van der Waals surface area contributed by atoms with Crippen molar-refractivity contribution in [3.63, 3.8) is 0 Å². The predicted octanol–water partition coefficient (Wildman–Crippen LogP) is 3.60. The minimum atomic E-state index is 0. The molecule has 2 aromatic rings. The van der Waals surface area contributed by atoms with Crippen LogP contribution in [0.25, 0.3) is 0 Å². The molecule has 9 heteroatoms. The van der Waals surface area contributed by atoms with Crippen LogP contribution < -0.4 is 25.0 Å². The van der Waals surface area contributed by atoms with Crippen LogP contribution in [0.1, 0.15) is 38.7 Å². The van der Waals surface area contributed by atoms with E-state index in [0.717, 1.165) is 69.3 Å². The van der Waals surface area contributed by atoms with Gasteiger partial charge in [-0.2, -0.15) is 5.10 Å². The molecule has 1 aliphatic rings. The number of rotatable bonds is 10. The first-order chi connectivity index (χ1) is 15.6. The summed E-state index contributed by atoms with van der Waals surface area (Å²) >= 11 is 0. The molecule has 1 fully saturated rings. The summed E-state index contributed by atoms with van der Waals surface area (Å²) in [6.45, 7) is 8.36. The summed E-state index contributed by atoms with van der Waals surface area (Å²) in [5, 5.41) is 11.3. The number of aliphatic imine (C=N–C) groups is 1. The van der Waals surface area contributed by atoms with E-state index in [2.05, 4.69) is 45.9 Å². The largest absolute Gasteiger partial charge is 0.493 e. The molecule has 3 rings (SSSR count). The van der Waals surface area contributed by atoms with Crippen LogP contribution in [0.15, 0.2) is 35.6 Å². The smallest absolute Gasteiger partial charge is 0.191 e. The molecule has 1 aromatic heterocycles. The third-order valence-electron chi connectivity index (χ3n) is 5.58. The summed E-state index contributed by atoms with van der Waals surface area (Å²) in [4.78, 5) is 7.22. The highest BCUT2D eigenvalue weighted by atomic mass is 127. The fraction of sp³-hybridized carbons (Fsp3) is 0.583. The molecule has 0 amide bonds. The second-order valence-corrected chi connectivity index (χ2v) is 8.08. The average Bonchev–Trinajstić information content (AvgIpc) is 3.24. The van der Waals surface area contributed by atoms with Crippen LogP contribution >= 0.6 is 24.0 Å². The molecular weight excluding hydrogens is 531 g/mol. The third kappa shape index (κ3) is 8.28. The lowest BCUT2D eigenvalue weighted by Gasteiger charge is -2.34. The molecule has 1 aliphatic heterocycles. The lowest BCUT2D eigenvalue weighted by molar-refractivity contribution is 0.310. The minimum Gasteiger partial charge on any atom is -0.493 e. The van der Waals surface area contributed by atoms with Gasteiger partial charge in [-0.1, -0.05) is 6.07 Å². The number of nitrogens with one attached hydrogen (secondary N) is 2. The van der Waals surface area contributed by atoms with Gasteiger partial charge >= 0.3 is 0 Å². The van der Waals surface area contributed by atoms with E-state index >= 15 is 0 Å². The van der Waals surface area contributed by atoms with Crippen LogP contribution in [-0.2, 0) is 13.5 Å². The van der Waals surface area contributed by atoms with Crippen molar-refractivity contribution in [2.24, 2.45) is 12.0 Å². The number of methoxy groups -OCH3 is 1. The lowest BCUT2D eigenvalue weighted by Crippen LogP contribution is -2.51. The fourth-order valence-electron chi connectivity index (χ4n) is 4.03. The number of halogens is 1. The average molecular weight is 571 g/mol. The quantitative estimate of drug-likeness (QED) is 0.197. The third-order valence-corrected chi connectivity index (χ3v) is 5.58. The van der Waals surface area contributed by atoms with Gasteiger partial charge in [0.15, 0.2) is 17.5 Å². The number of hydrogen-bond acceptors (Lipinski definition) is 5. The Bertz CT molecular complexity index is 872. The van der Waals surface area contributed by atoms with Crippen molar-refractivity contribution in [1.29, 1.82) is 0 Å². The Kier molecular flexibility index (Phi) is 11.6. The number of guanidine groups is 1. The first-order valence-corrected chi connectivity index (χ1v) is 11.7. The lowest BCUT2D eigenvalue weighted by atomic mass is 10.1. The van der Waals surface area contributed by atoms with E-state index < -0.39 is 0 Å². The normalized spacial score (nSPS) is 16.2. The van der Waals surface area contributed by atoms with E-state index in [-0.39, 0.29) is 24.0 Å². The molecule has 1 aromatic carbocycles. The van der Waals surface area contributed by atoms with Crippen molar-refractivity contribution in [3.8, 4) is 11.5 Å². The van der Waals surface area contributed by atoms with E-state index in [0.29, 0.717) is 12.6 Å². The summed E-state index contributed by atoms with van der Waals surface area (Å²) in [6, 6.07) is 6.53. The number of aromatic nitrogens is 2. The highest BCUT2D eigenvalue weighted by molar-refractivity contribution is 14.0. The number of ether oxygens (including phenoxy) is 2. The van der Waals surface area contributed by atoms with Gasteiger partial charge in [0.05, 0.1) is 25.6 Å². The number of nitrogens with zero attached hydrogens (tertiary/aromatic N) is 4. The number of benzene rings is 1. The van der Waals surface area contributed by atoms with Crippen molar-refractivity contribution < 1.29 is 9.47 Å². The maximum Gasteiger partial charge on any atom is 0.191 e. The van der Waals surface area contributed by atoms with Gasteiger partial charge in [0.1, 0.15) is 0 Å². The Morgan fingerprint density at radius 2 is 2.12 bits per heavy atom. The van der Waals surface area contributed by atoms with Crippen LogP contribution in [0.3, 0.4) is 0 Å². The molecule has 0 radical (unpaired) electrons.